The van der Waals surface area contributed by atoms with E-state index in [0.717, 1.165) is 67.8 Å². The number of ether oxygens (including phenoxy) is 1. The lowest BCUT2D eigenvalue weighted by Gasteiger charge is -2.25. The molecule has 1 unspecified atom stereocenters. The van der Waals surface area contributed by atoms with Gasteiger partial charge in [0.05, 0.1) is 12.2 Å². The highest BCUT2D eigenvalue weighted by Gasteiger charge is 2.22. The molecule has 1 aliphatic heterocycles. The molecule has 2 N–H and O–H groups in total. The van der Waals surface area contributed by atoms with E-state index in [1.807, 2.05) is 10.7 Å². The van der Waals surface area contributed by atoms with Gasteiger partial charge in [0.15, 0.2) is 17.5 Å². The molecular formula is C20H33N7O2. The largest absolute Gasteiger partial charge is 0.377 e. The Morgan fingerprint density at radius 2 is 2.21 bits per heavy atom. The molecule has 2 aromatic heterocycles. The summed E-state index contributed by atoms with van der Waals surface area (Å²) in [5, 5.41) is 15.6. The normalized spacial score (nSPS) is 16.9. The number of aryl methyl sites for hydroxylation is 1. The van der Waals surface area contributed by atoms with Crippen LogP contribution in [0.3, 0.4) is 0 Å². The lowest BCUT2D eigenvalue weighted by Crippen LogP contribution is -2.47. The van der Waals surface area contributed by atoms with Gasteiger partial charge < -0.3 is 19.9 Å². The molecule has 29 heavy (non-hydrogen) atoms. The van der Waals surface area contributed by atoms with Crippen LogP contribution in [0, 0.1) is 0 Å². The number of nitrogens with zero attached hydrogens (tertiary/aromatic N) is 5. The van der Waals surface area contributed by atoms with Crippen molar-refractivity contribution >= 4 is 5.96 Å². The summed E-state index contributed by atoms with van der Waals surface area (Å²) in [6.07, 6.45) is 3.99. The van der Waals surface area contributed by atoms with Crippen LogP contribution >= 0.6 is 0 Å². The SMILES string of the molecule is CCNC(=NCc1cc(C(CC)CC)no1)NC1CCc2nc(COC)nn2C1. The third-order valence-corrected chi connectivity index (χ3v) is 5.23. The molecule has 9 heteroatoms. The van der Waals surface area contributed by atoms with Gasteiger partial charge in [-0.25, -0.2) is 14.7 Å². The monoisotopic (exact) mass is 403 g/mol. The van der Waals surface area contributed by atoms with E-state index in [1.54, 1.807) is 7.11 Å². The molecule has 9 nitrogen and oxygen atoms in total. The molecule has 3 heterocycles. The molecule has 0 spiro atoms. The van der Waals surface area contributed by atoms with E-state index in [9.17, 15) is 0 Å². The Kier molecular flexibility index (Phi) is 7.62. The highest BCUT2D eigenvalue weighted by molar-refractivity contribution is 5.80. The molecule has 0 bridgehead atoms. The lowest BCUT2D eigenvalue weighted by atomic mass is 9.99. The van der Waals surface area contributed by atoms with E-state index in [-0.39, 0.29) is 6.04 Å². The Bertz CT molecular complexity index is 795. The van der Waals surface area contributed by atoms with Crippen LogP contribution in [0.1, 0.15) is 69.1 Å². The highest BCUT2D eigenvalue weighted by atomic mass is 16.5. The van der Waals surface area contributed by atoms with E-state index in [1.165, 1.54) is 0 Å². The van der Waals surface area contributed by atoms with Crippen molar-refractivity contribution in [2.75, 3.05) is 13.7 Å². The summed E-state index contributed by atoms with van der Waals surface area (Å²) in [5.74, 6) is 3.77. The van der Waals surface area contributed by atoms with Gasteiger partial charge in [0.25, 0.3) is 0 Å². The fourth-order valence-electron chi connectivity index (χ4n) is 3.64. The first kappa shape index (κ1) is 21.3. The zero-order chi connectivity index (χ0) is 20.6. The van der Waals surface area contributed by atoms with Crippen LogP contribution in [0.25, 0.3) is 0 Å². The Morgan fingerprint density at radius 3 is 2.93 bits per heavy atom. The number of hydrogen-bond donors (Lipinski definition) is 2. The van der Waals surface area contributed by atoms with Crippen LogP contribution in [0.4, 0.5) is 0 Å². The summed E-state index contributed by atoms with van der Waals surface area (Å²) in [7, 11) is 1.66. The molecule has 0 aromatic carbocycles. The lowest BCUT2D eigenvalue weighted by molar-refractivity contribution is 0.177. The molecule has 0 radical (unpaired) electrons. The Labute approximate surface area is 172 Å². The second kappa shape index (κ2) is 10.4. The molecule has 0 saturated carbocycles. The summed E-state index contributed by atoms with van der Waals surface area (Å²) in [5.41, 5.74) is 1.02. The Morgan fingerprint density at radius 1 is 1.38 bits per heavy atom. The van der Waals surface area contributed by atoms with Crippen LogP contribution < -0.4 is 10.6 Å². The van der Waals surface area contributed by atoms with Crippen LogP contribution in [0.15, 0.2) is 15.6 Å². The third-order valence-electron chi connectivity index (χ3n) is 5.23. The van der Waals surface area contributed by atoms with Crippen LogP contribution in [0.5, 0.6) is 0 Å². The van der Waals surface area contributed by atoms with Crippen molar-refractivity contribution in [2.45, 2.75) is 78.1 Å². The minimum absolute atomic E-state index is 0.243. The van der Waals surface area contributed by atoms with Crippen molar-refractivity contribution in [1.82, 2.24) is 30.6 Å². The van der Waals surface area contributed by atoms with E-state index in [2.05, 4.69) is 51.6 Å². The van der Waals surface area contributed by atoms with Crippen molar-refractivity contribution in [2.24, 2.45) is 4.99 Å². The Balaban J connectivity index is 1.61. The van der Waals surface area contributed by atoms with Crippen molar-refractivity contribution in [3.8, 4) is 0 Å². The third kappa shape index (κ3) is 5.56. The number of aliphatic imine (C=N–C) groups is 1. The first-order valence-corrected chi connectivity index (χ1v) is 10.6. The number of hydrogen-bond acceptors (Lipinski definition) is 6. The van der Waals surface area contributed by atoms with Gasteiger partial charge in [-0.05, 0) is 26.2 Å². The number of methoxy groups -OCH3 is 1. The van der Waals surface area contributed by atoms with E-state index in [4.69, 9.17) is 9.26 Å². The molecule has 2 aromatic rings. The molecule has 0 fully saturated rings. The maximum Gasteiger partial charge on any atom is 0.191 e. The molecule has 0 amide bonds. The number of guanidine groups is 1. The first-order valence-electron chi connectivity index (χ1n) is 10.6. The van der Waals surface area contributed by atoms with Gasteiger partial charge in [-0.2, -0.15) is 5.10 Å². The topological polar surface area (TPSA) is 102 Å². The molecule has 0 saturated heterocycles. The first-order chi connectivity index (χ1) is 14.2. The number of rotatable bonds is 9. The zero-order valence-electron chi connectivity index (χ0n) is 17.9. The summed E-state index contributed by atoms with van der Waals surface area (Å²) in [4.78, 5) is 9.22. The van der Waals surface area contributed by atoms with E-state index < -0.39 is 0 Å². The van der Waals surface area contributed by atoms with Crippen LogP contribution in [0.2, 0.25) is 0 Å². The average molecular weight is 404 g/mol. The minimum atomic E-state index is 0.243. The van der Waals surface area contributed by atoms with Crippen molar-refractivity contribution in [3.63, 3.8) is 0 Å². The van der Waals surface area contributed by atoms with Gasteiger partial charge in [0.1, 0.15) is 19.0 Å². The zero-order valence-corrected chi connectivity index (χ0v) is 17.9. The van der Waals surface area contributed by atoms with Crippen molar-refractivity contribution < 1.29 is 9.26 Å². The molecule has 0 aliphatic carbocycles. The predicted molar refractivity (Wildman–Crippen MR) is 111 cm³/mol. The van der Waals surface area contributed by atoms with Gasteiger partial charge in [0.2, 0.25) is 0 Å². The molecular weight excluding hydrogens is 370 g/mol. The highest BCUT2D eigenvalue weighted by Crippen LogP contribution is 2.22. The van der Waals surface area contributed by atoms with Gasteiger partial charge in [-0.15, -0.1) is 0 Å². The fourth-order valence-corrected chi connectivity index (χ4v) is 3.64. The minimum Gasteiger partial charge on any atom is -0.377 e. The number of fused-ring (bicyclic) bond motifs is 1. The average Bonchev–Trinajstić information content (AvgIpc) is 3.34. The van der Waals surface area contributed by atoms with Crippen molar-refractivity contribution in [3.05, 3.63) is 29.2 Å². The van der Waals surface area contributed by atoms with Gasteiger partial charge in [-0.1, -0.05) is 19.0 Å². The maximum atomic E-state index is 5.49. The molecule has 1 atom stereocenters. The second-order valence-corrected chi connectivity index (χ2v) is 7.37. The van der Waals surface area contributed by atoms with Gasteiger partial charge >= 0.3 is 0 Å². The van der Waals surface area contributed by atoms with Crippen LogP contribution in [-0.4, -0.2) is 45.6 Å². The molecule has 160 valence electrons. The predicted octanol–water partition coefficient (Wildman–Crippen LogP) is 2.39. The maximum absolute atomic E-state index is 5.49. The van der Waals surface area contributed by atoms with Crippen molar-refractivity contribution in [1.29, 1.82) is 0 Å². The Hall–Kier alpha value is -2.42. The van der Waals surface area contributed by atoms with E-state index >= 15 is 0 Å². The second-order valence-electron chi connectivity index (χ2n) is 7.37. The standard InChI is InChI=1S/C20H33N7O2/c1-5-14(6-2)17-10-16(29-26-17)11-22-20(21-7-3)23-15-8-9-19-24-18(13-28-4)25-27(19)12-15/h10,14-15H,5-9,11-13H2,1-4H3,(H2,21,22,23). The quantitative estimate of drug-likeness (QED) is 0.489. The summed E-state index contributed by atoms with van der Waals surface area (Å²) < 4.78 is 12.6. The summed E-state index contributed by atoms with van der Waals surface area (Å²) >= 11 is 0. The molecule has 3 rings (SSSR count). The summed E-state index contributed by atoms with van der Waals surface area (Å²) in [6.45, 7) is 8.87. The number of nitrogens with one attached hydrogen (secondary N) is 2. The van der Waals surface area contributed by atoms with Gasteiger partial charge in [-0.3, -0.25) is 0 Å². The summed E-state index contributed by atoms with van der Waals surface area (Å²) in [6, 6.07) is 2.27. The molecule has 1 aliphatic rings. The fraction of sp³-hybridized carbons (Fsp3) is 0.700. The van der Waals surface area contributed by atoms with Gasteiger partial charge in [0, 0.05) is 38.1 Å². The number of aromatic nitrogens is 4. The smallest absolute Gasteiger partial charge is 0.191 e. The van der Waals surface area contributed by atoms with E-state index in [0.29, 0.717) is 19.1 Å². The van der Waals surface area contributed by atoms with Crippen LogP contribution in [-0.2, 0) is 30.9 Å².